The Morgan fingerprint density at radius 1 is 0.852 bits per heavy atom. The van der Waals surface area contributed by atoms with Crippen LogP contribution in [0.5, 0.6) is 0 Å². The van der Waals surface area contributed by atoms with Gasteiger partial charge in [-0.25, -0.2) is 0 Å². The molecule has 1 atom stereocenters. The van der Waals surface area contributed by atoms with Crippen molar-refractivity contribution in [2.45, 2.75) is 11.8 Å². The third kappa shape index (κ3) is 4.48. The maximum atomic E-state index is 13.0. The summed E-state index contributed by atoms with van der Waals surface area (Å²) in [7, 11) is -5.51. The summed E-state index contributed by atoms with van der Waals surface area (Å²) >= 11 is 0. The summed E-state index contributed by atoms with van der Waals surface area (Å²) in [6.45, 7) is 1.90. The van der Waals surface area contributed by atoms with Crippen molar-refractivity contribution in [3.8, 4) is 0 Å². The van der Waals surface area contributed by atoms with E-state index in [0.29, 0.717) is 5.30 Å². The quantitative estimate of drug-likeness (QED) is 0.604. The highest BCUT2D eigenvalue weighted by Gasteiger charge is 2.27. The fourth-order valence-corrected chi connectivity index (χ4v) is 6.92. The van der Waals surface area contributed by atoms with Crippen LogP contribution in [0.25, 0.3) is 0 Å². The van der Waals surface area contributed by atoms with Gasteiger partial charge in [0.1, 0.15) is 0 Å². The molecule has 0 heterocycles. The predicted molar refractivity (Wildman–Crippen MR) is 111 cm³/mol. The van der Waals surface area contributed by atoms with E-state index >= 15 is 0 Å². The van der Waals surface area contributed by atoms with Crippen molar-refractivity contribution in [1.82, 2.24) is 0 Å². The van der Waals surface area contributed by atoms with Gasteiger partial charge in [0.15, 0.2) is 0 Å². The number of anilines is 1. The Morgan fingerprint density at radius 3 is 1.96 bits per heavy atom. The van der Waals surface area contributed by atoms with Crippen molar-refractivity contribution in [3.63, 3.8) is 0 Å². The van der Waals surface area contributed by atoms with Gasteiger partial charge in [0.2, 0.25) is 7.43 Å². The molecule has 140 valence electrons. The van der Waals surface area contributed by atoms with Gasteiger partial charge in [-0.15, -0.1) is 4.15 Å². The van der Waals surface area contributed by atoms with E-state index in [-0.39, 0.29) is 4.90 Å². The summed E-state index contributed by atoms with van der Waals surface area (Å²) in [4.78, 5) is 0.139. The molecule has 0 aliphatic heterocycles. The highest BCUT2D eigenvalue weighted by atomic mass is 32.2. The average molecular weight is 400 g/mol. The molecule has 5 nitrogen and oxygen atoms in total. The molecular weight excluding hydrogens is 379 g/mol. The van der Waals surface area contributed by atoms with E-state index < -0.39 is 17.5 Å². The second kappa shape index (κ2) is 8.09. The first-order valence-corrected chi connectivity index (χ1v) is 11.5. The Hall–Kier alpha value is -2.40. The Bertz CT molecular complexity index is 1050. The SMILES string of the molecule is COP(=NS(=O)(=O)c1ccc(C)cc1)(Nc1ccccc1)c1ccccc1. The van der Waals surface area contributed by atoms with Crippen LogP contribution < -0.4 is 10.4 Å². The molecule has 7 heteroatoms. The number of aryl methyl sites for hydroxylation is 1. The topological polar surface area (TPSA) is 67.8 Å². The van der Waals surface area contributed by atoms with E-state index in [2.05, 4.69) is 9.24 Å². The third-order valence-electron chi connectivity index (χ3n) is 3.97. The lowest BCUT2D eigenvalue weighted by atomic mass is 10.2. The smallest absolute Gasteiger partial charge is 0.284 e. The van der Waals surface area contributed by atoms with Crippen LogP contribution >= 0.6 is 7.43 Å². The van der Waals surface area contributed by atoms with E-state index in [0.717, 1.165) is 11.3 Å². The number of benzene rings is 3. The molecule has 1 unspecified atom stereocenters. The Balaban J connectivity index is 2.19. The normalized spacial score (nSPS) is 13.6. The van der Waals surface area contributed by atoms with Crippen molar-refractivity contribution < 1.29 is 12.9 Å². The summed E-state index contributed by atoms with van der Waals surface area (Å²) in [6.07, 6.45) is 0. The molecule has 3 rings (SSSR count). The van der Waals surface area contributed by atoms with Crippen LogP contribution in [0.1, 0.15) is 5.56 Å². The number of rotatable bonds is 6. The molecule has 0 aliphatic carbocycles. The number of hydrogen-bond acceptors (Lipinski definition) is 3. The van der Waals surface area contributed by atoms with E-state index in [4.69, 9.17) is 4.52 Å². The molecule has 1 N–H and O–H groups in total. The zero-order chi connectivity index (χ0) is 19.3. The molecule has 0 aromatic heterocycles. The van der Waals surface area contributed by atoms with Gasteiger partial charge in [0.05, 0.1) is 4.90 Å². The van der Waals surface area contributed by atoms with Gasteiger partial charge >= 0.3 is 0 Å². The van der Waals surface area contributed by atoms with Gasteiger partial charge in [-0.1, -0.05) is 54.1 Å². The molecule has 3 aromatic carbocycles. The lowest BCUT2D eigenvalue weighted by molar-refractivity contribution is 0.463. The highest BCUT2D eigenvalue weighted by molar-refractivity contribution is 7.95. The Kier molecular flexibility index (Phi) is 5.80. The zero-order valence-corrected chi connectivity index (χ0v) is 16.8. The number of para-hydroxylation sites is 1. The molecule has 0 fully saturated rings. The van der Waals surface area contributed by atoms with Gasteiger partial charge in [0.25, 0.3) is 10.0 Å². The van der Waals surface area contributed by atoms with E-state index in [1.165, 1.54) is 7.11 Å². The second-order valence-electron chi connectivity index (χ2n) is 5.94. The van der Waals surface area contributed by atoms with Crippen LogP contribution in [0, 0.1) is 6.92 Å². The van der Waals surface area contributed by atoms with Gasteiger partial charge in [-0.2, -0.15) is 8.42 Å². The van der Waals surface area contributed by atoms with Crippen molar-refractivity contribution in [2.24, 2.45) is 4.15 Å². The molecule has 0 saturated heterocycles. The van der Waals surface area contributed by atoms with Crippen LogP contribution in [0.2, 0.25) is 0 Å². The second-order valence-corrected chi connectivity index (χ2v) is 10.3. The van der Waals surface area contributed by atoms with Gasteiger partial charge in [0, 0.05) is 18.1 Å². The molecule has 0 aliphatic rings. The van der Waals surface area contributed by atoms with Crippen molar-refractivity contribution in [1.29, 1.82) is 0 Å². The molecule has 27 heavy (non-hydrogen) atoms. The minimum atomic E-state index is -3.93. The molecular formula is C20H21N2O3PS. The summed E-state index contributed by atoms with van der Waals surface area (Å²) in [5.74, 6) is 0. The first-order chi connectivity index (χ1) is 13.0. The minimum absolute atomic E-state index is 0.139. The summed E-state index contributed by atoms with van der Waals surface area (Å²) in [5.41, 5.74) is 1.71. The summed E-state index contributed by atoms with van der Waals surface area (Å²) < 4.78 is 36.1. The third-order valence-corrected chi connectivity index (χ3v) is 8.70. The Morgan fingerprint density at radius 2 is 1.41 bits per heavy atom. The number of nitrogens with zero attached hydrogens (tertiary/aromatic N) is 1. The van der Waals surface area contributed by atoms with Crippen LogP contribution in [0.3, 0.4) is 0 Å². The van der Waals surface area contributed by atoms with Crippen molar-refractivity contribution in [2.75, 3.05) is 12.2 Å². The standard InChI is InChI=1S/C20H21N2O3PS/c1-17-13-15-20(16-14-17)27(23,24)22-26(25-2,19-11-7-4-8-12-19)21-18-9-5-3-6-10-18/h3-16,21H,1-2H3. The maximum absolute atomic E-state index is 13.0. The van der Waals surface area contributed by atoms with Crippen LogP contribution in [-0.2, 0) is 14.5 Å². The number of sulfonamides is 1. The summed E-state index contributed by atoms with van der Waals surface area (Å²) in [5, 5.41) is 3.93. The molecule has 0 bridgehead atoms. The van der Waals surface area contributed by atoms with Crippen LogP contribution in [0.15, 0.2) is 94.0 Å². The van der Waals surface area contributed by atoms with Gasteiger partial charge in [-0.05, 0) is 43.3 Å². The molecule has 0 spiro atoms. The number of hydrogen-bond donors (Lipinski definition) is 1. The fourth-order valence-electron chi connectivity index (χ4n) is 2.54. The van der Waals surface area contributed by atoms with Crippen molar-refractivity contribution in [3.05, 3.63) is 90.5 Å². The molecule has 0 amide bonds. The van der Waals surface area contributed by atoms with Crippen molar-refractivity contribution >= 4 is 28.4 Å². The van der Waals surface area contributed by atoms with Gasteiger partial charge in [-0.3, -0.25) is 0 Å². The maximum Gasteiger partial charge on any atom is 0.284 e. The monoisotopic (exact) mass is 400 g/mol. The van der Waals surface area contributed by atoms with E-state index in [1.807, 2.05) is 67.6 Å². The predicted octanol–water partition coefficient (Wildman–Crippen LogP) is 4.80. The Labute approximate surface area is 160 Å². The number of nitrogens with one attached hydrogen (secondary N) is 1. The average Bonchev–Trinajstić information content (AvgIpc) is 2.69. The zero-order valence-electron chi connectivity index (χ0n) is 15.1. The lowest BCUT2D eigenvalue weighted by Gasteiger charge is -2.25. The lowest BCUT2D eigenvalue weighted by Crippen LogP contribution is -2.15. The molecule has 0 saturated carbocycles. The van der Waals surface area contributed by atoms with Crippen LogP contribution in [-0.4, -0.2) is 15.5 Å². The van der Waals surface area contributed by atoms with Gasteiger partial charge < -0.3 is 9.61 Å². The first kappa shape index (κ1) is 19.4. The van der Waals surface area contributed by atoms with Crippen LogP contribution in [0.4, 0.5) is 5.69 Å². The highest BCUT2D eigenvalue weighted by Crippen LogP contribution is 2.50. The van der Waals surface area contributed by atoms with E-state index in [9.17, 15) is 8.42 Å². The molecule has 0 radical (unpaired) electrons. The summed E-state index contributed by atoms with van der Waals surface area (Å²) in [6, 6.07) is 25.1. The fraction of sp³-hybridized carbons (Fsp3) is 0.100. The minimum Gasteiger partial charge on any atom is -0.328 e. The first-order valence-electron chi connectivity index (χ1n) is 8.35. The van der Waals surface area contributed by atoms with E-state index in [1.54, 1.807) is 24.3 Å². The molecule has 3 aromatic rings. The largest absolute Gasteiger partial charge is 0.328 e.